The normalized spacial score (nSPS) is 35.2. The molecule has 0 saturated carbocycles. The van der Waals surface area contributed by atoms with Crippen LogP contribution in [0.25, 0.3) is 0 Å². The summed E-state index contributed by atoms with van der Waals surface area (Å²) in [5.74, 6) is -0.398. The Balaban J connectivity index is 2.11. The van der Waals surface area contributed by atoms with Crippen LogP contribution in [0.4, 0.5) is 0 Å². The van der Waals surface area contributed by atoms with Crippen LogP contribution in [-0.2, 0) is 9.47 Å². The molecule has 80 valence electrons. The molecular weight excluding hydrogens is 244 g/mol. The molecule has 1 saturated heterocycles. The monoisotopic (exact) mass is 260 g/mol. The summed E-state index contributed by atoms with van der Waals surface area (Å²) in [6, 6.07) is 0. The summed E-state index contributed by atoms with van der Waals surface area (Å²) in [6.45, 7) is 3.99. The summed E-state index contributed by atoms with van der Waals surface area (Å²) in [7, 11) is 0. The highest BCUT2D eigenvalue weighted by molar-refractivity contribution is 9.09. The Morgan fingerprint density at radius 2 is 2.29 bits per heavy atom. The maximum atomic E-state index is 5.91. The van der Waals surface area contributed by atoms with Gasteiger partial charge in [0, 0.05) is 5.33 Å². The van der Waals surface area contributed by atoms with Gasteiger partial charge in [-0.3, -0.25) is 0 Å². The molecule has 2 atom stereocenters. The van der Waals surface area contributed by atoms with E-state index >= 15 is 0 Å². The van der Waals surface area contributed by atoms with Gasteiger partial charge in [-0.2, -0.15) is 0 Å². The minimum Gasteiger partial charge on any atom is -0.344 e. The molecule has 3 heteroatoms. The number of rotatable bonds is 2. The number of allylic oxidation sites excluding steroid dienone is 1. The lowest BCUT2D eigenvalue weighted by atomic mass is 9.92. The highest BCUT2D eigenvalue weighted by Gasteiger charge is 2.43. The molecule has 0 unspecified atom stereocenters. The van der Waals surface area contributed by atoms with Crippen LogP contribution in [0.1, 0.15) is 33.1 Å². The van der Waals surface area contributed by atoms with Crippen LogP contribution in [0.2, 0.25) is 0 Å². The molecule has 14 heavy (non-hydrogen) atoms. The van der Waals surface area contributed by atoms with Crippen LogP contribution in [0, 0.1) is 0 Å². The van der Waals surface area contributed by atoms with E-state index in [4.69, 9.17) is 9.47 Å². The fourth-order valence-electron chi connectivity index (χ4n) is 2.26. The van der Waals surface area contributed by atoms with E-state index in [-0.39, 0.29) is 12.2 Å². The molecule has 0 bridgehead atoms. The van der Waals surface area contributed by atoms with Crippen molar-refractivity contribution in [3.63, 3.8) is 0 Å². The first-order chi connectivity index (χ1) is 6.62. The molecule has 2 aliphatic rings. The quantitative estimate of drug-likeness (QED) is 0.562. The predicted molar refractivity (Wildman–Crippen MR) is 59.6 cm³/mol. The van der Waals surface area contributed by atoms with E-state index < -0.39 is 5.79 Å². The van der Waals surface area contributed by atoms with E-state index in [0.717, 1.165) is 24.6 Å². The van der Waals surface area contributed by atoms with E-state index in [1.807, 2.05) is 13.8 Å². The van der Waals surface area contributed by atoms with Gasteiger partial charge in [0.05, 0.1) is 6.10 Å². The van der Waals surface area contributed by atoms with Gasteiger partial charge in [0.25, 0.3) is 0 Å². The fraction of sp³-hybridized carbons (Fsp3) is 0.818. The SMILES string of the molecule is CC1(C)O[C@H]2CCC=C(CCBr)[C@H]2O1. The van der Waals surface area contributed by atoms with Crippen molar-refractivity contribution in [1.82, 2.24) is 0 Å². The average molecular weight is 261 g/mol. The lowest BCUT2D eigenvalue weighted by molar-refractivity contribution is -0.143. The Bertz CT molecular complexity index is 248. The Kier molecular flexibility index (Phi) is 3.01. The van der Waals surface area contributed by atoms with Crippen molar-refractivity contribution < 1.29 is 9.47 Å². The first-order valence-corrected chi connectivity index (χ1v) is 6.35. The first-order valence-electron chi connectivity index (χ1n) is 5.23. The van der Waals surface area contributed by atoms with Crippen LogP contribution in [0.5, 0.6) is 0 Å². The molecule has 0 radical (unpaired) electrons. The minimum absolute atomic E-state index is 0.205. The van der Waals surface area contributed by atoms with Crippen molar-refractivity contribution in [3.8, 4) is 0 Å². The Morgan fingerprint density at radius 1 is 1.50 bits per heavy atom. The maximum Gasteiger partial charge on any atom is 0.164 e. The third kappa shape index (κ3) is 2.05. The van der Waals surface area contributed by atoms with Crippen molar-refractivity contribution in [1.29, 1.82) is 0 Å². The number of alkyl halides is 1. The molecular formula is C11H17BrO2. The highest BCUT2D eigenvalue weighted by Crippen LogP contribution is 2.38. The molecule has 1 aliphatic carbocycles. The lowest BCUT2D eigenvalue weighted by Gasteiger charge is -2.23. The van der Waals surface area contributed by atoms with Crippen LogP contribution in [0.3, 0.4) is 0 Å². The van der Waals surface area contributed by atoms with Gasteiger partial charge in [0.2, 0.25) is 0 Å². The first kappa shape index (κ1) is 10.7. The zero-order valence-corrected chi connectivity index (χ0v) is 10.3. The van der Waals surface area contributed by atoms with Gasteiger partial charge in [-0.25, -0.2) is 0 Å². The standard InChI is InChI=1S/C11H17BrO2/c1-11(2)13-9-5-3-4-8(6-7-12)10(9)14-11/h4,9-10H,3,5-7H2,1-2H3/t9-,10+/m0/s1. The molecule has 0 aromatic carbocycles. The fourth-order valence-corrected chi connectivity index (χ4v) is 2.72. The van der Waals surface area contributed by atoms with E-state index in [2.05, 4.69) is 22.0 Å². The minimum atomic E-state index is -0.398. The lowest BCUT2D eigenvalue weighted by Crippen LogP contribution is -2.27. The van der Waals surface area contributed by atoms with Gasteiger partial charge in [-0.05, 0) is 38.7 Å². The van der Waals surface area contributed by atoms with Crippen molar-refractivity contribution >= 4 is 15.9 Å². The summed E-state index contributed by atoms with van der Waals surface area (Å²) in [4.78, 5) is 0. The molecule has 1 aliphatic heterocycles. The third-order valence-electron chi connectivity index (χ3n) is 2.79. The van der Waals surface area contributed by atoms with Crippen LogP contribution in [0.15, 0.2) is 11.6 Å². The number of hydrogen-bond acceptors (Lipinski definition) is 2. The zero-order valence-electron chi connectivity index (χ0n) is 8.75. The summed E-state index contributed by atoms with van der Waals surface area (Å²) < 4.78 is 11.8. The second-order valence-corrected chi connectivity index (χ2v) is 5.18. The summed E-state index contributed by atoms with van der Waals surface area (Å²) >= 11 is 3.47. The van der Waals surface area contributed by atoms with Crippen molar-refractivity contribution in [3.05, 3.63) is 11.6 Å². The molecule has 0 aromatic rings. The smallest absolute Gasteiger partial charge is 0.164 e. The second-order valence-electron chi connectivity index (χ2n) is 4.39. The van der Waals surface area contributed by atoms with Gasteiger partial charge in [-0.1, -0.05) is 22.0 Å². The molecule has 2 nitrogen and oxygen atoms in total. The van der Waals surface area contributed by atoms with Gasteiger partial charge >= 0.3 is 0 Å². The van der Waals surface area contributed by atoms with Crippen molar-refractivity contribution in [2.45, 2.75) is 51.1 Å². The van der Waals surface area contributed by atoms with Crippen molar-refractivity contribution in [2.75, 3.05) is 5.33 Å². The van der Waals surface area contributed by atoms with Crippen LogP contribution < -0.4 is 0 Å². The number of fused-ring (bicyclic) bond motifs is 1. The van der Waals surface area contributed by atoms with Gasteiger partial charge in [-0.15, -0.1) is 0 Å². The third-order valence-corrected chi connectivity index (χ3v) is 3.19. The highest BCUT2D eigenvalue weighted by atomic mass is 79.9. The van der Waals surface area contributed by atoms with Crippen molar-refractivity contribution in [2.24, 2.45) is 0 Å². The van der Waals surface area contributed by atoms with Gasteiger partial charge in [0.15, 0.2) is 5.79 Å². The molecule has 0 amide bonds. The summed E-state index contributed by atoms with van der Waals surface area (Å²) in [5, 5.41) is 1.01. The summed E-state index contributed by atoms with van der Waals surface area (Å²) in [6.07, 6.45) is 6.09. The molecule has 1 fully saturated rings. The number of halogens is 1. The van der Waals surface area contributed by atoms with Gasteiger partial charge < -0.3 is 9.47 Å². The number of ether oxygens (including phenoxy) is 2. The Hall–Kier alpha value is 0.140. The molecule has 0 N–H and O–H groups in total. The second kappa shape index (κ2) is 3.95. The van der Waals surface area contributed by atoms with Crippen LogP contribution in [-0.4, -0.2) is 23.3 Å². The predicted octanol–water partition coefficient (Wildman–Crippen LogP) is 3.01. The van der Waals surface area contributed by atoms with E-state index in [1.54, 1.807) is 0 Å². The topological polar surface area (TPSA) is 18.5 Å². The Morgan fingerprint density at radius 3 is 3.00 bits per heavy atom. The largest absolute Gasteiger partial charge is 0.344 e. The zero-order chi connectivity index (χ0) is 10.2. The molecule has 0 aromatic heterocycles. The number of hydrogen-bond donors (Lipinski definition) is 0. The van der Waals surface area contributed by atoms with Gasteiger partial charge in [0.1, 0.15) is 6.10 Å². The van der Waals surface area contributed by atoms with E-state index in [9.17, 15) is 0 Å². The Labute approximate surface area is 93.8 Å². The molecule has 2 rings (SSSR count). The molecule has 0 spiro atoms. The van der Waals surface area contributed by atoms with E-state index in [0.29, 0.717) is 0 Å². The van der Waals surface area contributed by atoms with E-state index in [1.165, 1.54) is 5.57 Å². The summed E-state index contributed by atoms with van der Waals surface area (Å²) in [5.41, 5.74) is 1.41. The van der Waals surface area contributed by atoms with Crippen LogP contribution >= 0.6 is 15.9 Å². The average Bonchev–Trinajstić information content (AvgIpc) is 2.41. The maximum absolute atomic E-state index is 5.91. The molecule has 1 heterocycles.